The summed E-state index contributed by atoms with van der Waals surface area (Å²) in [6.45, 7) is 5.11. The Morgan fingerprint density at radius 1 is 0.400 bits per heavy atom. The minimum Gasteiger partial charge on any atom is -0.412 e. The summed E-state index contributed by atoms with van der Waals surface area (Å²) in [5.41, 5.74) is 0. The van der Waals surface area contributed by atoms with Crippen LogP contribution in [0.2, 0.25) is 0 Å². The van der Waals surface area contributed by atoms with Crippen molar-refractivity contribution in [3.63, 3.8) is 0 Å². The fourth-order valence-corrected chi connectivity index (χ4v) is 0. The molecule has 0 spiro atoms. The molecule has 20 heavy (non-hydrogen) atoms. The van der Waals surface area contributed by atoms with Crippen LogP contribution in [-0.2, 0) is 39.0 Å². The van der Waals surface area contributed by atoms with Crippen LogP contribution in [0.4, 0.5) is 0 Å². The maximum absolute atomic E-state index is 7.61. The number of aliphatic hydroxyl groups excluding tert-OH is 4. The molecule has 0 aromatic heterocycles. The van der Waals surface area contributed by atoms with E-state index in [-0.39, 0.29) is 49.9 Å². The summed E-state index contributed by atoms with van der Waals surface area (Å²) >= 11 is 0. The van der Waals surface area contributed by atoms with E-state index in [9.17, 15) is 0 Å². The molecule has 0 saturated heterocycles. The van der Waals surface area contributed by atoms with Crippen LogP contribution in [0.5, 0.6) is 0 Å². The monoisotopic (exact) mass is 490 g/mol. The molecule has 10 nitrogen and oxygen atoms in total. The molecule has 0 aromatic carbocycles. The van der Waals surface area contributed by atoms with Crippen molar-refractivity contribution in [3.05, 3.63) is 0 Å². The Morgan fingerprint density at radius 3 is 0.400 bits per heavy atom. The standard InChI is InChI=1S/4C2H6O2.2H2O.2Rh/c4*1-2(3)4;;;;/h4*2-4H,1H3;2*1H2;;. The summed E-state index contributed by atoms with van der Waals surface area (Å²) in [5, 5.41) is 60.9. The van der Waals surface area contributed by atoms with Gasteiger partial charge in [-0.15, -0.1) is 0 Å². The van der Waals surface area contributed by atoms with Crippen LogP contribution in [0.1, 0.15) is 27.7 Å². The Balaban J connectivity index is -0.0000000150. The molecular formula is C8H28O10Rh2. The van der Waals surface area contributed by atoms with E-state index in [4.69, 9.17) is 40.9 Å². The molecule has 0 saturated carbocycles. The number of hydrogen-bond acceptors (Lipinski definition) is 8. The van der Waals surface area contributed by atoms with Gasteiger partial charge in [-0.2, -0.15) is 0 Å². The van der Waals surface area contributed by atoms with E-state index < -0.39 is 25.2 Å². The van der Waals surface area contributed by atoms with Crippen molar-refractivity contribution in [1.82, 2.24) is 0 Å². The van der Waals surface area contributed by atoms with Gasteiger partial charge < -0.3 is 51.8 Å². The molecule has 12 heteroatoms. The molecule has 2 radical (unpaired) electrons. The van der Waals surface area contributed by atoms with Crippen molar-refractivity contribution in [2.24, 2.45) is 0 Å². The van der Waals surface area contributed by atoms with Crippen molar-refractivity contribution in [1.29, 1.82) is 0 Å². The third-order valence-electron chi connectivity index (χ3n) is 0. The van der Waals surface area contributed by atoms with Crippen molar-refractivity contribution in [2.45, 2.75) is 52.9 Å². The quantitative estimate of drug-likeness (QED) is 0.122. The van der Waals surface area contributed by atoms with Crippen molar-refractivity contribution >= 4 is 0 Å². The number of aliphatic hydroxyl groups is 8. The molecule has 0 amide bonds. The van der Waals surface area contributed by atoms with E-state index in [1.807, 2.05) is 0 Å². The second-order valence-electron chi connectivity index (χ2n) is 2.53. The van der Waals surface area contributed by atoms with Crippen LogP contribution in [-0.4, -0.2) is 77.0 Å². The average molecular weight is 490 g/mol. The fraction of sp³-hybridized carbons (Fsp3) is 1.00. The zero-order valence-corrected chi connectivity index (χ0v) is 14.8. The van der Waals surface area contributed by atoms with Crippen LogP contribution in [0.15, 0.2) is 0 Å². The molecule has 0 bridgehead atoms. The summed E-state index contributed by atoms with van der Waals surface area (Å²) in [6, 6.07) is 0. The Kier molecular flexibility index (Phi) is 106. The largest absolute Gasteiger partial charge is 0.412 e. The zero-order valence-electron chi connectivity index (χ0n) is 11.6. The molecule has 0 aliphatic rings. The fourth-order valence-electron chi connectivity index (χ4n) is 0. The molecule has 12 N–H and O–H groups in total. The van der Waals surface area contributed by atoms with Crippen LogP contribution in [0.25, 0.3) is 0 Å². The summed E-state index contributed by atoms with van der Waals surface area (Å²) < 4.78 is 0. The van der Waals surface area contributed by atoms with Crippen LogP contribution >= 0.6 is 0 Å². The first kappa shape index (κ1) is 49.8. The molecule has 0 fully saturated rings. The topological polar surface area (TPSA) is 225 Å². The predicted octanol–water partition coefficient (Wildman–Crippen LogP) is -4.39. The van der Waals surface area contributed by atoms with Crippen LogP contribution < -0.4 is 0 Å². The molecule has 0 aliphatic heterocycles. The maximum Gasteiger partial charge on any atom is 0.148 e. The first-order chi connectivity index (χ1) is 6.93. The van der Waals surface area contributed by atoms with E-state index >= 15 is 0 Å². The van der Waals surface area contributed by atoms with E-state index in [2.05, 4.69) is 0 Å². The van der Waals surface area contributed by atoms with E-state index in [0.29, 0.717) is 0 Å². The van der Waals surface area contributed by atoms with E-state index in [0.717, 1.165) is 0 Å². The summed E-state index contributed by atoms with van der Waals surface area (Å²) in [6.07, 6.45) is -4.67. The average Bonchev–Trinajstić information content (AvgIpc) is 1.76. The van der Waals surface area contributed by atoms with Gasteiger partial charge in [0.2, 0.25) is 0 Å². The van der Waals surface area contributed by atoms with Gasteiger partial charge in [0.1, 0.15) is 25.2 Å². The molecular weight excluding hydrogens is 462 g/mol. The molecule has 0 aliphatic carbocycles. The third kappa shape index (κ3) is 8370. The predicted molar refractivity (Wildman–Crippen MR) is 62.8 cm³/mol. The Hall–Kier alpha value is 0.847. The van der Waals surface area contributed by atoms with Gasteiger partial charge in [-0.05, 0) is 27.7 Å². The minimum absolute atomic E-state index is 0. The third-order valence-corrected chi connectivity index (χ3v) is 0. The van der Waals surface area contributed by atoms with Crippen molar-refractivity contribution in [3.8, 4) is 0 Å². The smallest absolute Gasteiger partial charge is 0.148 e. The summed E-state index contributed by atoms with van der Waals surface area (Å²) in [7, 11) is 0. The van der Waals surface area contributed by atoms with Gasteiger partial charge in [-0.25, -0.2) is 0 Å². The van der Waals surface area contributed by atoms with Gasteiger partial charge in [0, 0.05) is 39.0 Å². The first-order valence-corrected chi connectivity index (χ1v) is 4.37. The Bertz CT molecular complexity index is 70.2. The first-order valence-electron chi connectivity index (χ1n) is 4.37. The van der Waals surface area contributed by atoms with Crippen molar-refractivity contribution < 1.29 is 90.8 Å². The molecule has 0 aromatic rings. The second-order valence-corrected chi connectivity index (χ2v) is 2.53. The number of hydrogen-bond donors (Lipinski definition) is 8. The van der Waals surface area contributed by atoms with Crippen LogP contribution in [0.3, 0.4) is 0 Å². The van der Waals surface area contributed by atoms with Gasteiger partial charge in [-0.1, -0.05) is 0 Å². The van der Waals surface area contributed by atoms with Gasteiger partial charge in [0.05, 0.1) is 0 Å². The normalized spacial score (nSPS) is 7.20. The maximum atomic E-state index is 7.61. The van der Waals surface area contributed by atoms with Crippen molar-refractivity contribution in [2.75, 3.05) is 0 Å². The van der Waals surface area contributed by atoms with Gasteiger partial charge in [0.25, 0.3) is 0 Å². The van der Waals surface area contributed by atoms with Gasteiger partial charge in [0.15, 0.2) is 0 Å². The van der Waals surface area contributed by atoms with Crippen LogP contribution in [0, 0.1) is 0 Å². The number of rotatable bonds is 0. The molecule has 0 atom stereocenters. The minimum atomic E-state index is -1.17. The zero-order chi connectivity index (χ0) is 14.3. The molecule has 0 unspecified atom stereocenters. The Morgan fingerprint density at radius 2 is 0.400 bits per heavy atom. The second kappa shape index (κ2) is 42.7. The summed E-state index contributed by atoms with van der Waals surface area (Å²) in [5.74, 6) is 0. The molecule has 138 valence electrons. The SMILES string of the molecule is CC(O)O.CC(O)O.CC(O)O.CC(O)O.O.O.[Rh].[Rh]. The van der Waals surface area contributed by atoms with E-state index in [1.54, 1.807) is 0 Å². The van der Waals surface area contributed by atoms with E-state index in [1.165, 1.54) is 27.7 Å². The summed E-state index contributed by atoms with van der Waals surface area (Å²) in [4.78, 5) is 0. The van der Waals surface area contributed by atoms with Gasteiger partial charge >= 0.3 is 0 Å². The molecule has 0 rings (SSSR count). The van der Waals surface area contributed by atoms with Gasteiger partial charge in [-0.3, -0.25) is 0 Å². The molecule has 0 heterocycles. The Labute approximate surface area is 143 Å².